The minimum Gasteiger partial charge on any atom is -0.543 e. The minimum atomic E-state index is -1.43. The van der Waals surface area contributed by atoms with Crippen LogP contribution in [-0.2, 0) is 14.4 Å². The number of carbonyl (C=O) groups excluding carboxylic acids is 3. The Balaban J connectivity index is 0.00000324. The van der Waals surface area contributed by atoms with Gasteiger partial charge in [0.25, 0.3) is 0 Å². The Hall–Kier alpha value is -1.89. The summed E-state index contributed by atoms with van der Waals surface area (Å²) in [5, 5.41) is 36.6. The van der Waals surface area contributed by atoms with Gasteiger partial charge in [-0.3, -0.25) is 9.59 Å². The molecule has 0 aliphatic carbocycles. The first-order valence-electron chi connectivity index (χ1n) is 10.6. The van der Waals surface area contributed by atoms with Gasteiger partial charge >= 0.3 is 35.5 Å². The normalized spacial score (nSPS) is 28.6. The Morgan fingerprint density at radius 3 is 2.65 bits per heavy atom. The number of fused-ring (bicyclic) bond motifs is 1. The Morgan fingerprint density at radius 2 is 2.03 bits per heavy atom. The van der Waals surface area contributed by atoms with Crippen molar-refractivity contribution in [2.45, 2.75) is 43.7 Å². The Kier molecular flexibility index (Phi) is 8.16. The molecular weight excluding hydrogens is 473 g/mol. The van der Waals surface area contributed by atoms with E-state index in [0.717, 1.165) is 0 Å². The molecule has 6 atom stereocenters. The number of carboxylic acid groups (broad SMARTS) is 2. The van der Waals surface area contributed by atoms with Gasteiger partial charge in [0.05, 0.1) is 41.3 Å². The van der Waals surface area contributed by atoms with Crippen molar-refractivity contribution in [1.82, 2.24) is 10.2 Å². The third kappa shape index (κ3) is 4.77. The summed E-state index contributed by atoms with van der Waals surface area (Å²) in [5.74, 6) is -4.17. The number of aromatic carboxylic acids is 1. The first kappa shape index (κ1) is 26.7. The molecule has 3 aliphatic heterocycles. The van der Waals surface area contributed by atoms with E-state index in [1.54, 1.807) is 12.1 Å². The summed E-state index contributed by atoms with van der Waals surface area (Å²) < 4.78 is 0. The van der Waals surface area contributed by atoms with Crippen molar-refractivity contribution in [2.75, 3.05) is 11.9 Å². The van der Waals surface area contributed by atoms with Crippen LogP contribution in [0.2, 0.25) is 0 Å². The summed E-state index contributed by atoms with van der Waals surface area (Å²) in [6.07, 6.45) is -0.459. The molecule has 176 valence electrons. The number of aliphatic hydroxyl groups is 1. The number of amides is 2. The van der Waals surface area contributed by atoms with Gasteiger partial charge < -0.3 is 35.6 Å². The molecule has 3 heterocycles. The van der Waals surface area contributed by atoms with Gasteiger partial charge in [0.2, 0.25) is 11.8 Å². The number of aliphatic carboxylic acids is 1. The largest absolute Gasteiger partial charge is 1.00 e. The van der Waals surface area contributed by atoms with Crippen molar-refractivity contribution >= 4 is 41.2 Å². The van der Waals surface area contributed by atoms with Crippen LogP contribution in [0.25, 0.3) is 0 Å². The van der Waals surface area contributed by atoms with Crippen molar-refractivity contribution in [3.63, 3.8) is 0 Å². The molecule has 4 N–H and O–H groups in total. The van der Waals surface area contributed by atoms with Gasteiger partial charge in [0.15, 0.2) is 0 Å². The molecule has 0 saturated carbocycles. The van der Waals surface area contributed by atoms with Crippen molar-refractivity contribution in [3.8, 4) is 0 Å². The van der Waals surface area contributed by atoms with E-state index in [4.69, 9.17) is 5.11 Å². The third-order valence-electron chi connectivity index (χ3n) is 6.38. The predicted molar refractivity (Wildman–Crippen MR) is 117 cm³/mol. The number of anilines is 1. The number of nitrogens with zero attached hydrogens (tertiary/aromatic N) is 1. The van der Waals surface area contributed by atoms with E-state index in [0.29, 0.717) is 23.6 Å². The fourth-order valence-electron chi connectivity index (χ4n) is 4.80. The van der Waals surface area contributed by atoms with Crippen LogP contribution in [-0.4, -0.2) is 68.8 Å². The fourth-order valence-corrected chi connectivity index (χ4v) is 6.28. The maximum Gasteiger partial charge on any atom is 1.00 e. The van der Waals surface area contributed by atoms with Crippen LogP contribution in [0.1, 0.15) is 30.6 Å². The number of thioether (sulfide) groups is 1. The number of β-lactam (4-membered cyclic amide) rings is 1. The zero-order chi connectivity index (χ0) is 24.0. The quantitative estimate of drug-likeness (QED) is 0.223. The Bertz CT molecular complexity index is 1060. The van der Waals surface area contributed by atoms with E-state index in [1.165, 1.54) is 35.7 Å². The summed E-state index contributed by atoms with van der Waals surface area (Å²) >= 11 is 1.32. The average molecular weight is 498 g/mol. The summed E-state index contributed by atoms with van der Waals surface area (Å²) in [7, 11) is 0. The van der Waals surface area contributed by atoms with Crippen LogP contribution < -0.4 is 45.3 Å². The van der Waals surface area contributed by atoms with E-state index in [-0.39, 0.29) is 57.9 Å². The van der Waals surface area contributed by atoms with Gasteiger partial charge in [0, 0.05) is 28.3 Å². The van der Waals surface area contributed by atoms with Crippen LogP contribution in [0, 0.1) is 11.8 Å². The molecule has 12 heteroatoms. The van der Waals surface area contributed by atoms with Gasteiger partial charge in [0.1, 0.15) is 0 Å². The SMILES string of the molecule is C[C@@H](O)[C@H]1C(=O)N2C(C(=O)[O-])=C(SC3CNC(C(=O)Nc4cccc(C(=O)O)c4)C3)[C@H](C)[C@H]12.[Na+]. The number of hydrogen-bond acceptors (Lipinski definition) is 8. The first-order chi connectivity index (χ1) is 15.6. The molecule has 4 rings (SSSR count). The molecule has 34 heavy (non-hydrogen) atoms. The van der Waals surface area contributed by atoms with Gasteiger partial charge in [-0.05, 0) is 31.5 Å². The zero-order valence-electron chi connectivity index (χ0n) is 19.0. The average Bonchev–Trinajstić information content (AvgIpc) is 3.30. The predicted octanol–water partition coefficient (Wildman–Crippen LogP) is -3.39. The van der Waals surface area contributed by atoms with E-state index < -0.39 is 42.0 Å². The third-order valence-corrected chi connectivity index (χ3v) is 7.89. The molecule has 0 spiro atoms. The van der Waals surface area contributed by atoms with E-state index in [1.807, 2.05) is 6.92 Å². The maximum absolute atomic E-state index is 12.7. The molecule has 0 bridgehead atoms. The number of rotatable bonds is 7. The molecular formula is C22H24N3NaO7S. The topological polar surface area (TPSA) is 159 Å². The van der Waals surface area contributed by atoms with Crippen LogP contribution in [0.15, 0.2) is 34.9 Å². The van der Waals surface area contributed by atoms with Crippen LogP contribution in [0.3, 0.4) is 0 Å². The molecule has 2 fully saturated rings. The van der Waals surface area contributed by atoms with Crippen molar-refractivity contribution in [2.24, 2.45) is 11.8 Å². The molecule has 2 amide bonds. The number of nitrogens with one attached hydrogen (secondary N) is 2. The smallest absolute Gasteiger partial charge is 0.543 e. The first-order valence-corrected chi connectivity index (χ1v) is 11.5. The molecule has 1 aromatic carbocycles. The van der Waals surface area contributed by atoms with E-state index in [9.17, 15) is 29.4 Å². The van der Waals surface area contributed by atoms with Gasteiger partial charge in [-0.2, -0.15) is 0 Å². The Labute approximate surface area is 222 Å². The number of benzene rings is 1. The molecule has 2 unspecified atom stereocenters. The molecule has 3 aliphatic rings. The summed E-state index contributed by atoms with van der Waals surface area (Å²) in [6.45, 7) is 3.80. The molecule has 2 saturated heterocycles. The van der Waals surface area contributed by atoms with E-state index in [2.05, 4.69) is 10.6 Å². The van der Waals surface area contributed by atoms with Crippen LogP contribution in [0.5, 0.6) is 0 Å². The second-order valence-electron chi connectivity index (χ2n) is 8.57. The molecule has 0 radical (unpaired) electrons. The second-order valence-corrected chi connectivity index (χ2v) is 9.91. The van der Waals surface area contributed by atoms with E-state index >= 15 is 0 Å². The molecule has 0 aromatic heterocycles. The summed E-state index contributed by atoms with van der Waals surface area (Å²) in [4.78, 5) is 49.8. The number of carbonyl (C=O) groups is 4. The van der Waals surface area contributed by atoms with Crippen molar-refractivity contribution in [1.29, 1.82) is 0 Å². The fraction of sp³-hybridized carbons (Fsp3) is 0.455. The van der Waals surface area contributed by atoms with Crippen LogP contribution in [0.4, 0.5) is 5.69 Å². The molecule has 1 aromatic rings. The number of hydrogen-bond donors (Lipinski definition) is 4. The monoisotopic (exact) mass is 497 g/mol. The number of aliphatic hydroxyl groups excluding tert-OH is 1. The minimum absolute atomic E-state index is 0. The van der Waals surface area contributed by atoms with Crippen molar-refractivity contribution < 1.29 is 64.1 Å². The summed E-state index contributed by atoms with van der Waals surface area (Å²) in [5.41, 5.74) is 0.293. The molecule has 10 nitrogen and oxygen atoms in total. The standard InChI is InChI=1S/C22H25N3O7S.Na/c1-9-16-15(10(2)26)20(28)25(16)17(22(31)32)18(9)33-13-7-14(23-8-13)19(27)24-12-5-3-4-11(6-12)21(29)30;/h3-6,9-10,13-16,23,26H,7-8H2,1-2H3,(H,24,27)(H,29,30)(H,31,32);/q;+1/p-1/t9-,10-,13?,14?,15-,16-;/m1./s1. The summed E-state index contributed by atoms with van der Waals surface area (Å²) in [6, 6.07) is 4.99. The Morgan fingerprint density at radius 1 is 1.32 bits per heavy atom. The van der Waals surface area contributed by atoms with Gasteiger partial charge in [-0.15, -0.1) is 11.8 Å². The maximum atomic E-state index is 12.7. The van der Waals surface area contributed by atoms with Gasteiger partial charge in [-0.25, -0.2) is 4.79 Å². The van der Waals surface area contributed by atoms with Crippen molar-refractivity contribution in [3.05, 3.63) is 40.4 Å². The van der Waals surface area contributed by atoms with Gasteiger partial charge in [-0.1, -0.05) is 13.0 Å². The van der Waals surface area contributed by atoms with Crippen LogP contribution >= 0.6 is 11.8 Å². The zero-order valence-corrected chi connectivity index (χ0v) is 21.8. The number of carboxylic acids is 2. The second kappa shape index (κ2) is 10.4.